The smallest absolute Gasteiger partial charge is 0.404 e. The quantitative estimate of drug-likeness (QED) is 0.0524. The van der Waals surface area contributed by atoms with Crippen molar-refractivity contribution >= 4 is 36.0 Å². The number of amides is 1. The number of guanidine groups is 2. The minimum absolute atomic E-state index is 0.0509. The van der Waals surface area contributed by atoms with Gasteiger partial charge in [-0.1, -0.05) is 79.8 Å². The minimum atomic E-state index is -1.08. The maximum atomic E-state index is 11.4. The summed E-state index contributed by atoms with van der Waals surface area (Å²) in [4.78, 5) is 26.6. The maximum Gasteiger partial charge on any atom is 0.404 e. The number of nitrogens with one attached hydrogen (secondary N) is 2. The van der Waals surface area contributed by atoms with Crippen LogP contribution in [0.2, 0.25) is 0 Å². The molecule has 0 saturated heterocycles. The predicted octanol–water partition coefficient (Wildman–Crippen LogP) is 5.29. The van der Waals surface area contributed by atoms with E-state index >= 15 is 0 Å². The van der Waals surface area contributed by atoms with Crippen LogP contribution in [0.3, 0.4) is 0 Å². The number of nitrogens with zero attached hydrogens (tertiary/aromatic N) is 2. The molecule has 0 aliphatic rings. The third-order valence-electron chi connectivity index (χ3n) is 4.15. The first kappa shape index (κ1) is 37.4. The average Bonchev–Trinajstić information content (AvgIpc) is 2.87. The Kier molecular flexibility index (Phi) is 27.7. The van der Waals surface area contributed by atoms with Crippen LogP contribution in [0.15, 0.2) is 77.9 Å². The van der Waals surface area contributed by atoms with Crippen LogP contribution in [0.25, 0.3) is 0 Å². The second-order valence-electron chi connectivity index (χ2n) is 7.88. The van der Waals surface area contributed by atoms with Gasteiger partial charge in [-0.05, 0) is 38.5 Å². The van der Waals surface area contributed by atoms with Crippen molar-refractivity contribution in [1.82, 2.24) is 10.2 Å². The summed E-state index contributed by atoms with van der Waals surface area (Å²) in [6, 6.07) is 0. The Morgan fingerprint density at radius 1 is 0.872 bits per heavy atom. The lowest BCUT2D eigenvalue weighted by Gasteiger charge is -2.07. The molecule has 0 aromatic carbocycles. The van der Waals surface area contributed by atoms with Crippen molar-refractivity contribution in [3.63, 3.8) is 0 Å². The topological polar surface area (TPSA) is 167 Å². The molecular weight excluding hydrogens is 516 g/mol. The summed E-state index contributed by atoms with van der Waals surface area (Å²) < 4.78 is 4.91. The molecule has 0 aliphatic carbocycles. The van der Waals surface area contributed by atoms with E-state index in [-0.39, 0.29) is 30.9 Å². The van der Waals surface area contributed by atoms with Crippen molar-refractivity contribution in [2.24, 2.45) is 16.5 Å². The molecule has 0 bridgehead atoms. The van der Waals surface area contributed by atoms with Gasteiger partial charge in [0.05, 0.1) is 18.5 Å². The SMILES string of the molecule is CC/C=C\C/C=C\C/C=C\C/C=C\C/C=C\C/C=C\CC(=O)OSCCNC(=O)O.CN(C)C(=N)N=C(N)N. The van der Waals surface area contributed by atoms with Gasteiger partial charge in [0.25, 0.3) is 0 Å². The molecule has 0 atom stereocenters. The van der Waals surface area contributed by atoms with Crippen LogP contribution in [-0.2, 0) is 8.98 Å². The van der Waals surface area contributed by atoms with Crippen LogP contribution in [-0.4, -0.2) is 60.4 Å². The van der Waals surface area contributed by atoms with Crippen molar-refractivity contribution in [3.8, 4) is 0 Å². The molecule has 0 unspecified atom stereocenters. The summed E-state index contributed by atoms with van der Waals surface area (Å²) in [5.74, 6) is 0.0148. The van der Waals surface area contributed by atoms with E-state index in [4.69, 9.17) is 26.2 Å². The van der Waals surface area contributed by atoms with Crippen molar-refractivity contribution in [2.75, 3.05) is 26.4 Å². The fraction of sp³-hybridized carbons (Fsp3) is 0.429. The molecule has 0 radical (unpaired) electrons. The number of carboxylic acid groups (broad SMARTS) is 1. The molecule has 218 valence electrons. The van der Waals surface area contributed by atoms with Crippen LogP contribution in [0.5, 0.6) is 0 Å². The minimum Gasteiger partial charge on any atom is -0.465 e. The van der Waals surface area contributed by atoms with E-state index in [9.17, 15) is 9.59 Å². The van der Waals surface area contributed by atoms with Gasteiger partial charge in [0.2, 0.25) is 5.96 Å². The summed E-state index contributed by atoms with van der Waals surface area (Å²) in [6.45, 7) is 2.38. The molecular formula is C28H46N6O4S. The van der Waals surface area contributed by atoms with Crippen LogP contribution in [0.4, 0.5) is 4.79 Å². The van der Waals surface area contributed by atoms with Gasteiger partial charge >= 0.3 is 12.1 Å². The number of aliphatic imine (C=N–C) groups is 1. The van der Waals surface area contributed by atoms with Gasteiger partial charge in [-0.15, -0.1) is 0 Å². The highest BCUT2D eigenvalue weighted by molar-refractivity contribution is 7.95. The molecule has 11 heteroatoms. The Morgan fingerprint density at radius 2 is 1.31 bits per heavy atom. The van der Waals surface area contributed by atoms with Gasteiger partial charge in [-0.25, -0.2) is 4.79 Å². The Hall–Kier alpha value is -3.73. The largest absolute Gasteiger partial charge is 0.465 e. The lowest BCUT2D eigenvalue weighted by molar-refractivity contribution is -0.132. The first-order chi connectivity index (χ1) is 18.7. The molecule has 0 rings (SSSR count). The first-order valence-corrected chi connectivity index (χ1v) is 13.7. The van der Waals surface area contributed by atoms with Gasteiger partial charge in [-0.3, -0.25) is 10.2 Å². The third-order valence-corrected chi connectivity index (χ3v) is 4.83. The van der Waals surface area contributed by atoms with Crippen molar-refractivity contribution in [2.45, 2.75) is 51.9 Å². The second-order valence-corrected chi connectivity index (χ2v) is 8.69. The maximum absolute atomic E-state index is 11.4. The fourth-order valence-corrected chi connectivity index (χ4v) is 2.73. The average molecular weight is 563 g/mol. The Bertz CT molecular complexity index is 873. The lowest BCUT2D eigenvalue weighted by Crippen LogP contribution is -2.28. The summed E-state index contributed by atoms with van der Waals surface area (Å²) in [5.41, 5.74) is 9.98. The van der Waals surface area contributed by atoms with Crippen LogP contribution < -0.4 is 16.8 Å². The van der Waals surface area contributed by atoms with E-state index in [0.717, 1.165) is 50.6 Å². The highest BCUT2D eigenvalue weighted by Gasteiger charge is 2.01. The zero-order chi connectivity index (χ0) is 29.6. The van der Waals surface area contributed by atoms with Crippen LogP contribution in [0.1, 0.15) is 51.9 Å². The van der Waals surface area contributed by atoms with E-state index in [1.807, 2.05) is 6.08 Å². The fourth-order valence-electron chi connectivity index (χ4n) is 2.26. The Balaban J connectivity index is 0. The first-order valence-electron chi connectivity index (χ1n) is 12.7. The molecule has 0 spiro atoms. The van der Waals surface area contributed by atoms with E-state index < -0.39 is 6.09 Å². The van der Waals surface area contributed by atoms with E-state index in [1.54, 1.807) is 20.2 Å². The van der Waals surface area contributed by atoms with E-state index in [2.05, 4.69) is 78.0 Å². The highest BCUT2D eigenvalue weighted by Crippen LogP contribution is 2.04. The van der Waals surface area contributed by atoms with Gasteiger partial charge in [0.15, 0.2) is 5.96 Å². The van der Waals surface area contributed by atoms with Crippen molar-refractivity contribution < 1.29 is 18.9 Å². The van der Waals surface area contributed by atoms with Gasteiger partial charge in [-0.2, -0.15) is 4.99 Å². The summed E-state index contributed by atoms with van der Waals surface area (Å²) >= 11 is 0.952. The molecule has 39 heavy (non-hydrogen) atoms. The van der Waals surface area contributed by atoms with Crippen LogP contribution in [0, 0.1) is 5.41 Å². The van der Waals surface area contributed by atoms with E-state index in [1.165, 1.54) is 4.90 Å². The molecule has 0 saturated carbocycles. The van der Waals surface area contributed by atoms with Crippen molar-refractivity contribution in [3.05, 3.63) is 72.9 Å². The highest BCUT2D eigenvalue weighted by atomic mass is 32.2. The van der Waals surface area contributed by atoms with Gasteiger partial charge < -0.3 is 31.0 Å². The van der Waals surface area contributed by atoms with E-state index in [0.29, 0.717) is 5.75 Å². The molecule has 0 aliphatic heterocycles. The zero-order valence-corrected chi connectivity index (χ0v) is 24.2. The number of rotatable bonds is 17. The molecule has 10 nitrogen and oxygen atoms in total. The number of hydrogen-bond donors (Lipinski definition) is 5. The summed E-state index contributed by atoms with van der Waals surface area (Å²) in [6.07, 6.45) is 30.1. The number of hydrogen-bond acceptors (Lipinski definition) is 5. The molecule has 0 aromatic rings. The van der Waals surface area contributed by atoms with Crippen molar-refractivity contribution in [1.29, 1.82) is 5.41 Å². The second kappa shape index (κ2) is 28.8. The van der Waals surface area contributed by atoms with Crippen LogP contribution >= 0.6 is 12.0 Å². The predicted molar refractivity (Wildman–Crippen MR) is 165 cm³/mol. The van der Waals surface area contributed by atoms with Gasteiger partial charge in [0, 0.05) is 26.4 Å². The Labute approximate surface area is 238 Å². The number of carbonyl (C=O) groups is 2. The molecule has 0 fully saturated rings. The number of allylic oxidation sites excluding steroid dienone is 11. The molecule has 0 heterocycles. The molecule has 7 N–H and O–H groups in total. The Morgan fingerprint density at radius 3 is 1.67 bits per heavy atom. The molecule has 1 amide bonds. The monoisotopic (exact) mass is 562 g/mol. The normalized spacial score (nSPS) is 11.5. The number of nitrogens with two attached hydrogens (primary N) is 2. The van der Waals surface area contributed by atoms with Gasteiger partial charge in [0.1, 0.15) is 0 Å². The lowest BCUT2D eigenvalue weighted by atomic mass is 10.2. The number of carbonyl (C=O) groups excluding carboxylic acids is 1. The molecule has 0 aromatic heterocycles. The third kappa shape index (κ3) is 34.3. The summed E-state index contributed by atoms with van der Waals surface area (Å²) in [5, 5.41) is 17.6. The zero-order valence-electron chi connectivity index (χ0n) is 23.4. The summed E-state index contributed by atoms with van der Waals surface area (Å²) in [7, 11) is 3.38. The standard InChI is InChI=1S/C24H35NO4S.C4H11N5/c1-2-3-4-5-6-7-8-9-10-11-12-13-14-15-16-17-18-19-20-23(26)29-30-22-21-25-24(27)28;1-9(2)4(7)8-3(5)6/h3-4,6-7,9-10,12-13,15-16,18-19,25H,2,5,8,11,14,17,20-22H2,1H3,(H,27,28);1-2H3,(H5,5,6,7,8)/b4-3-,7-6-,10-9-,13-12-,16-15-,19-18-;.